The topological polar surface area (TPSA) is 116 Å². The number of nitrogens with two attached hydrogens (primary N) is 1. The molecule has 1 aliphatic heterocycles. The lowest BCUT2D eigenvalue weighted by Crippen LogP contribution is -2.29. The smallest absolute Gasteiger partial charge is 0.269 e. The van der Waals surface area contributed by atoms with E-state index in [-0.39, 0.29) is 29.4 Å². The number of amides is 2. The van der Waals surface area contributed by atoms with E-state index in [1.54, 1.807) is 24.3 Å². The Morgan fingerprint density at radius 2 is 2.03 bits per heavy atom. The van der Waals surface area contributed by atoms with Crippen molar-refractivity contribution in [3.63, 3.8) is 0 Å². The van der Waals surface area contributed by atoms with E-state index < -0.39 is 6.10 Å². The Labute approximate surface area is 193 Å². The molecule has 2 fully saturated rings. The van der Waals surface area contributed by atoms with Crippen LogP contribution in [0.25, 0.3) is 0 Å². The molecule has 1 aromatic carbocycles. The van der Waals surface area contributed by atoms with E-state index in [1.807, 2.05) is 6.92 Å². The van der Waals surface area contributed by atoms with Gasteiger partial charge in [0.25, 0.3) is 11.8 Å². The number of carbonyl (C=O) groups is 2. The van der Waals surface area contributed by atoms with Crippen LogP contribution in [0.5, 0.6) is 5.75 Å². The van der Waals surface area contributed by atoms with E-state index in [0.717, 1.165) is 19.3 Å². The Hall–Kier alpha value is -3.04. The summed E-state index contributed by atoms with van der Waals surface area (Å²) in [6.45, 7) is 2.97. The first-order chi connectivity index (χ1) is 15.9. The minimum Gasteiger partial charge on any atom is -0.490 e. The molecule has 2 unspecified atom stereocenters. The van der Waals surface area contributed by atoms with Crippen LogP contribution in [0.2, 0.25) is 0 Å². The highest BCUT2D eigenvalue weighted by atomic mass is 19.1. The van der Waals surface area contributed by atoms with Gasteiger partial charge in [0.2, 0.25) is 0 Å². The molecule has 33 heavy (non-hydrogen) atoms. The second-order valence-corrected chi connectivity index (χ2v) is 8.10. The summed E-state index contributed by atoms with van der Waals surface area (Å²) in [6.07, 6.45) is 6.03. The van der Waals surface area contributed by atoms with E-state index >= 15 is 0 Å². The van der Waals surface area contributed by atoms with E-state index in [9.17, 15) is 14.0 Å². The van der Waals surface area contributed by atoms with Gasteiger partial charge in [0.1, 0.15) is 23.4 Å². The molecule has 0 radical (unpaired) electrons. The molecule has 2 atom stereocenters. The molecule has 4 rings (SSSR count). The number of anilines is 1. The zero-order valence-corrected chi connectivity index (χ0v) is 18.8. The third-order valence-corrected chi connectivity index (χ3v) is 5.07. The molecule has 2 heterocycles. The molecule has 1 saturated heterocycles. The number of halogens is 1. The van der Waals surface area contributed by atoms with Crippen LogP contribution in [0.3, 0.4) is 0 Å². The zero-order chi connectivity index (χ0) is 23.6. The third kappa shape index (κ3) is 8.43. The van der Waals surface area contributed by atoms with Gasteiger partial charge < -0.3 is 25.8 Å². The average Bonchev–Trinajstić information content (AvgIpc) is 3.50. The summed E-state index contributed by atoms with van der Waals surface area (Å²) in [5, 5.41) is 5.49. The Kier molecular flexibility index (Phi) is 9.14. The number of ether oxygens (including phenoxy) is 2. The molecule has 2 aromatic rings. The van der Waals surface area contributed by atoms with Gasteiger partial charge in [-0.3, -0.25) is 14.6 Å². The van der Waals surface area contributed by atoms with E-state index in [4.69, 9.17) is 15.2 Å². The van der Waals surface area contributed by atoms with Gasteiger partial charge in [-0.2, -0.15) is 0 Å². The molecule has 8 nitrogen and oxygen atoms in total. The van der Waals surface area contributed by atoms with Crippen molar-refractivity contribution in [2.24, 2.45) is 5.73 Å². The van der Waals surface area contributed by atoms with Gasteiger partial charge in [0.05, 0.1) is 12.2 Å². The molecule has 0 bridgehead atoms. The molecule has 2 amide bonds. The van der Waals surface area contributed by atoms with Gasteiger partial charge in [-0.1, -0.05) is 6.07 Å². The molecule has 1 aliphatic carbocycles. The summed E-state index contributed by atoms with van der Waals surface area (Å²) in [5.74, 6) is -0.0593. The Balaban J connectivity index is 0.000000231. The fourth-order valence-electron chi connectivity index (χ4n) is 3.16. The van der Waals surface area contributed by atoms with Gasteiger partial charge in [0.15, 0.2) is 0 Å². The van der Waals surface area contributed by atoms with Crippen molar-refractivity contribution in [2.75, 3.05) is 18.4 Å². The average molecular weight is 459 g/mol. The molecule has 2 aliphatic rings. The number of nitrogens with one attached hydrogen (secondary N) is 2. The minimum atomic E-state index is -0.426. The number of aromatic nitrogens is 1. The van der Waals surface area contributed by atoms with E-state index in [1.165, 1.54) is 18.3 Å². The van der Waals surface area contributed by atoms with Gasteiger partial charge in [-0.25, -0.2) is 4.39 Å². The second-order valence-electron chi connectivity index (χ2n) is 8.10. The lowest BCUT2D eigenvalue weighted by atomic mass is 10.2. The first kappa shape index (κ1) is 24.6. The largest absolute Gasteiger partial charge is 0.490 e. The Morgan fingerprint density at radius 1 is 1.21 bits per heavy atom. The fourth-order valence-corrected chi connectivity index (χ4v) is 3.16. The van der Waals surface area contributed by atoms with Crippen molar-refractivity contribution >= 4 is 17.5 Å². The quantitative estimate of drug-likeness (QED) is 0.524. The Morgan fingerprint density at radius 3 is 2.70 bits per heavy atom. The summed E-state index contributed by atoms with van der Waals surface area (Å²) in [7, 11) is 0. The molecule has 0 spiro atoms. The number of hydrogen-bond acceptors (Lipinski definition) is 6. The minimum absolute atomic E-state index is 0.108. The van der Waals surface area contributed by atoms with Crippen LogP contribution >= 0.6 is 0 Å². The van der Waals surface area contributed by atoms with Crippen LogP contribution in [0.4, 0.5) is 10.1 Å². The normalized spacial score (nSPS) is 19.2. The lowest BCUT2D eigenvalue weighted by molar-refractivity contribution is -0.126. The van der Waals surface area contributed by atoms with Gasteiger partial charge in [-0.15, -0.1) is 0 Å². The molecule has 178 valence electrons. The van der Waals surface area contributed by atoms with Gasteiger partial charge >= 0.3 is 0 Å². The zero-order valence-electron chi connectivity index (χ0n) is 18.8. The van der Waals surface area contributed by atoms with Crippen LogP contribution in [-0.4, -0.2) is 48.2 Å². The number of carbonyl (C=O) groups excluding carboxylic acids is 2. The van der Waals surface area contributed by atoms with Crippen molar-refractivity contribution in [3.05, 3.63) is 54.1 Å². The van der Waals surface area contributed by atoms with Crippen LogP contribution < -0.4 is 21.1 Å². The number of rotatable bonds is 8. The van der Waals surface area contributed by atoms with Crippen LogP contribution in [0, 0.1) is 5.82 Å². The SMILES string of the molecule is CC1CCC(C(=O)Nc2ccnc(C(=O)NCCCN)c2)O1.Fc1cccc(OC2CC2)c1. The second kappa shape index (κ2) is 12.3. The van der Waals surface area contributed by atoms with Crippen molar-refractivity contribution in [2.45, 2.75) is 57.3 Å². The molecular weight excluding hydrogens is 427 g/mol. The summed E-state index contributed by atoms with van der Waals surface area (Å²) in [4.78, 5) is 28.0. The van der Waals surface area contributed by atoms with Crippen molar-refractivity contribution in [3.8, 4) is 5.75 Å². The highest BCUT2D eigenvalue weighted by Gasteiger charge is 2.28. The van der Waals surface area contributed by atoms with E-state index in [0.29, 0.717) is 43.5 Å². The molecular formula is C24H31FN4O4. The number of hydrogen-bond donors (Lipinski definition) is 3. The standard InChI is InChI=1S/C15H22N4O3.C9H9FO/c1-10-3-4-13(22-10)15(21)19-11-5-8-17-12(9-11)14(20)18-7-2-6-16;10-7-2-1-3-9(6-7)11-8-4-5-8/h5,8-10,13H,2-4,6-7,16H2,1H3,(H,18,20)(H,17,19,21);1-3,6,8H,4-5H2. The highest BCUT2D eigenvalue weighted by molar-refractivity contribution is 5.97. The fraction of sp³-hybridized carbons (Fsp3) is 0.458. The summed E-state index contributed by atoms with van der Waals surface area (Å²) in [5.41, 5.74) is 6.17. The lowest BCUT2D eigenvalue weighted by Gasteiger charge is -2.12. The predicted octanol–water partition coefficient (Wildman–Crippen LogP) is 3.03. The summed E-state index contributed by atoms with van der Waals surface area (Å²) < 4.78 is 23.4. The number of nitrogens with zero attached hydrogens (tertiary/aromatic N) is 1. The van der Waals surface area contributed by atoms with Gasteiger partial charge in [-0.05, 0) is 69.8 Å². The van der Waals surface area contributed by atoms with E-state index in [2.05, 4.69) is 15.6 Å². The van der Waals surface area contributed by atoms with Crippen LogP contribution in [0.1, 0.15) is 49.5 Å². The maximum absolute atomic E-state index is 12.6. The highest BCUT2D eigenvalue weighted by Crippen LogP contribution is 2.26. The Bertz CT molecular complexity index is 938. The monoisotopic (exact) mass is 458 g/mol. The van der Waals surface area contributed by atoms with Crippen LogP contribution in [0.15, 0.2) is 42.6 Å². The summed E-state index contributed by atoms with van der Waals surface area (Å²) >= 11 is 0. The third-order valence-electron chi connectivity index (χ3n) is 5.07. The number of pyridine rings is 1. The van der Waals surface area contributed by atoms with Gasteiger partial charge in [0, 0.05) is 24.5 Å². The maximum Gasteiger partial charge on any atom is 0.269 e. The predicted molar refractivity (Wildman–Crippen MR) is 122 cm³/mol. The molecule has 1 aromatic heterocycles. The van der Waals surface area contributed by atoms with Crippen LogP contribution in [-0.2, 0) is 9.53 Å². The molecule has 9 heteroatoms. The number of benzene rings is 1. The first-order valence-corrected chi connectivity index (χ1v) is 11.3. The maximum atomic E-state index is 12.6. The summed E-state index contributed by atoms with van der Waals surface area (Å²) in [6, 6.07) is 9.47. The van der Waals surface area contributed by atoms with Crippen molar-refractivity contribution < 1.29 is 23.5 Å². The van der Waals surface area contributed by atoms with Crippen molar-refractivity contribution in [1.82, 2.24) is 10.3 Å². The van der Waals surface area contributed by atoms with Crippen molar-refractivity contribution in [1.29, 1.82) is 0 Å². The first-order valence-electron chi connectivity index (χ1n) is 11.3. The molecule has 1 saturated carbocycles. The molecule has 4 N–H and O–H groups in total.